The molecule has 0 heterocycles. The molecule has 34 heavy (non-hydrogen) atoms. The van der Waals surface area contributed by atoms with E-state index >= 15 is 0 Å². The summed E-state index contributed by atoms with van der Waals surface area (Å²) < 4.78 is 6.21. The number of rotatable bonds is 13. The summed E-state index contributed by atoms with van der Waals surface area (Å²) in [5.74, 6) is -1.22. The molecule has 6 heteroatoms. The third-order valence-corrected chi connectivity index (χ3v) is 5.97. The zero-order chi connectivity index (χ0) is 25.6. The van der Waals surface area contributed by atoms with Crippen LogP contribution in [0.4, 0.5) is 0 Å². The molecule has 182 valence electrons. The zero-order valence-corrected chi connectivity index (χ0v) is 20.5. The number of carbonyl (C=O) groups excluding carboxylic acids is 4. The molecule has 3 atom stereocenters. The Morgan fingerprint density at radius 3 is 2.38 bits per heavy atom. The predicted molar refractivity (Wildman–Crippen MR) is 132 cm³/mol. The van der Waals surface area contributed by atoms with E-state index in [0.29, 0.717) is 31.2 Å². The van der Waals surface area contributed by atoms with E-state index in [0.717, 1.165) is 5.57 Å². The smallest absolute Gasteiger partial charge is 0.190 e. The number of allylic oxidation sites excluding steroid dienone is 2. The molecule has 0 aromatic heterocycles. The van der Waals surface area contributed by atoms with Crippen molar-refractivity contribution in [1.29, 1.82) is 0 Å². The lowest BCUT2D eigenvalue weighted by Crippen LogP contribution is -2.28. The minimum atomic E-state index is -0.441. The summed E-state index contributed by atoms with van der Waals surface area (Å²) in [5, 5.41) is 10.1. The lowest BCUT2D eigenvalue weighted by molar-refractivity contribution is -0.122. The maximum absolute atomic E-state index is 13.2. The summed E-state index contributed by atoms with van der Waals surface area (Å²) in [6, 6.07) is 2.93. The Morgan fingerprint density at radius 2 is 1.82 bits per heavy atom. The molecule has 2 rings (SSSR count). The highest BCUT2D eigenvalue weighted by molar-refractivity contribution is 6.26. The number of Topliss-reactive ketones (excluding diaryl/α,β-unsaturated/α-hetero) is 3. The van der Waals surface area contributed by atoms with Gasteiger partial charge in [0.2, 0.25) is 0 Å². The molecule has 1 N–H and O–H groups in total. The van der Waals surface area contributed by atoms with Crippen LogP contribution < -0.4 is 0 Å². The highest BCUT2D eigenvalue weighted by Crippen LogP contribution is 2.33. The molecular weight excluding hydrogens is 432 g/mol. The highest BCUT2D eigenvalue weighted by atomic mass is 16.5. The fourth-order valence-corrected chi connectivity index (χ4v) is 4.30. The molecule has 0 saturated carbocycles. The van der Waals surface area contributed by atoms with Gasteiger partial charge in [-0.2, -0.15) is 0 Å². The second-order valence-corrected chi connectivity index (χ2v) is 9.21. The van der Waals surface area contributed by atoms with Crippen LogP contribution in [0.5, 0.6) is 5.75 Å². The first-order valence-corrected chi connectivity index (χ1v) is 11.5. The number of ketones is 4. The zero-order valence-electron chi connectivity index (χ0n) is 20.5. The second kappa shape index (κ2) is 11.8. The maximum Gasteiger partial charge on any atom is 0.190 e. The van der Waals surface area contributed by atoms with Crippen molar-refractivity contribution in [1.82, 2.24) is 0 Å². The fourth-order valence-electron chi connectivity index (χ4n) is 4.30. The Hall–Kier alpha value is -3.12. The molecule has 0 bridgehead atoms. The number of hydrogen-bond donors (Lipinski definition) is 1. The third kappa shape index (κ3) is 6.94. The van der Waals surface area contributed by atoms with Gasteiger partial charge in [0, 0.05) is 29.9 Å². The van der Waals surface area contributed by atoms with E-state index in [4.69, 9.17) is 4.74 Å². The summed E-state index contributed by atoms with van der Waals surface area (Å²) in [5.41, 5.74) is 1.80. The van der Waals surface area contributed by atoms with E-state index in [9.17, 15) is 24.3 Å². The van der Waals surface area contributed by atoms with Gasteiger partial charge in [0.15, 0.2) is 11.6 Å². The topological polar surface area (TPSA) is 97.7 Å². The van der Waals surface area contributed by atoms with Crippen LogP contribution in [0.3, 0.4) is 0 Å². The van der Waals surface area contributed by atoms with E-state index in [1.54, 1.807) is 19.9 Å². The number of ether oxygens (including phenoxy) is 1. The van der Waals surface area contributed by atoms with Crippen molar-refractivity contribution < 1.29 is 29.0 Å². The summed E-state index contributed by atoms with van der Waals surface area (Å²) >= 11 is 0. The van der Waals surface area contributed by atoms with Gasteiger partial charge in [0.25, 0.3) is 0 Å². The van der Waals surface area contributed by atoms with Crippen LogP contribution >= 0.6 is 0 Å². The number of aromatic hydroxyl groups is 1. The van der Waals surface area contributed by atoms with Gasteiger partial charge in [-0.3, -0.25) is 14.4 Å². The summed E-state index contributed by atoms with van der Waals surface area (Å²) in [7, 11) is 0. The number of benzene rings is 1. The van der Waals surface area contributed by atoms with Gasteiger partial charge >= 0.3 is 0 Å². The normalized spacial score (nSPS) is 15.7. The van der Waals surface area contributed by atoms with Gasteiger partial charge in [-0.25, -0.2) is 0 Å². The SMILES string of the molecule is C=Cc1ccc(O)c2c1C(=O)C(CC(C)OC(CCC(C)=O)CC(CC(=C)C)C(C)=O)=CC2=O. The predicted octanol–water partition coefficient (Wildman–Crippen LogP) is 5.44. The Balaban J connectivity index is 2.21. The first-order chi connectivity index (χ1) is 15.9. The minimum absolute atomic E-state index is 0.0110. The van der Waals surface area contributed by atoms with Gasteiger partial charge in [-0.15, -0.1) is 6.58 Å². The first-order valence-electron chi connectivity index (χ1n) is 11.5. The van der Waals surface area contributed by atoms with Crippen LogP contribution in [0.2, 0.25) is 0 Å². The second-order valence-electron chi connectivity index (χ2n) is 9.21. The van der Waals surface area contributed by atoms with E-state index < -0.39 is 11.9 Å². The molecule has 1 aliphatic carbocycles. The number of phenolic OH excluding ortho intramolecular Hbond substituents is 1. The first kappa shape index (κ1) is 27.1. The number of fused-ring (bicyclic) bond motifs is 1. The van der Waals surface area contributed by atoms with Gasteiger partial charge in [0.05, 0.1) is 17.8 Å². The maximum atomic E-state index is 13.2. The van der Waals surface area contributed by atoms with Gasteiger partial charge < -0.3 is 14.6 Å². The highest BCUT2D eigenvalue weighted by Gasteiger charge is 2.31. The van der Waals surface area contributed by atoms with E-state index in [1.165, 1.54) is 25.1 Å². The molecular formula is C28H34O6. The molecule has 1 aliphatic rings. The van der Waals surface area contributed by atoms with Crippen LogP contribution in [0, 0.1) is 5.92 Å². The number of phenols is 1. The van der Waals surface area contributed by atoms with E-state index in [1.807, 2.05) is 6.92 Å². The molecule has 0 saturated heterocycles. The Labute approximate surface area is 201 Å². The average molecular weight is 467 g/mol. The summed E-state index contributed by atoms with van der Waals surface area (Å²) in [6.45, 7) is 14.3. The summed E-state index contributed by atoms with van der Waals surface area (Å²) in [6.07, 6.45) is 3.89. The molecule has 3 unspecified atom stereocenters. The van der Waals surface area contributed by atoms with Crippen LogP contribution in [0.1, 0.15) is 86.1 Å². The van der Waals surface area contributed by atoms with Crippen molar-refractivity contribution in [3.05, 3.63) is 59.2 Å². The average Bonchev–Trinajstić information content (AvgIpc) is 2.74. The monoisotopic (exact) mass is 466 g/mol. The molecule has 0 aliphatic heterocycles. The molecule has 1 aromatic rings. The van der Waals surface area contributed by atoms with Crippen LogP contribution in [-0.2, 0) is 14.3 Å². The van der Waals surface area contributed by atoms with Gasteiger partial charge in [0.1, 0.15) is 17.3 Å². The molecule has 0 radical (unpaired) electrons. The standard InChI is InChI=1S/C28H34O6/c1-7-20-9-11-24(31)27-25(32)15-22(28(33)26(20)27)13-18(5)34-23(10-8-17(4)29)14-21(19(6)30)12-16(2)3/h7,9,11,15,18,21,23,31H,1-2,8,10,12-14H2,3-6H3. The number of hydrogen-bond acceptors (Lipinski definition) is 6. The lowest BCUT2D eigenvalue weighted by Gasteiger charge is -2.27. The molecule has 0 spiro atoms. The van der Waals surface area contributed by atoms with E-state index in [-0.39, 0.29) is 58.2 Å². The van der Waals surface area contributed by atoms with Gasteiger partial charge in [-0.05, 0) is 64.7 Å². The van der Waals surface area contributed by atoms with E-state index in [2.05, 4.69) is 13.2 Å². The number of carbonyl (C=O) groups is 4. The van der Waals surface area contributed by atoms with Crippen molar-refractivity contribution >= 4 is 29.2 Å². The van der Waals surface area contributed by atoms with Crippen LogP contribution in [0.25, 0.3) is 6.08 Å². The molecule has 6 nitrogen and oxygen atoms in total. The Bertz CT molecular complexity index is 1050. The molecule has 1 aromatic carbocycles. The Kier molecular flexibility index (Phi) is 9.45. The van der Waals surface area contributed by atoms with Crippen molar-refractivity contribution in [3.8, 4) is 5.75 Å². The Morgan fingerprint density at radius 1 is 1.15 bits per heavy atom. The third-order valence-electron chi connectivity index (χ3n) is 5.97. The minimum Gasteiger partial charge on any atom is -0.507 e. The molecule has 0 fully saturated rings. The fraction of sp³-hybridized carbons (Fsp3) is 0.429. The summed E-state index contributed by atoms with van der Waals surface area (Å²) in [4.78, 5) is 49.6. The van der Waals surface area contributed by atoms with Crippen molar-refractivity contribution in [2.45, 2.75) is 72.0 Å². The molecule has 0 amide bonds. The quantitative estimate of drug-likeness (QED) is 0.389. The van der Waals surface area contributed by atoms with Gasteiger partial charge in [-0.1, -0.05) is 24.3 Å². The largest absolute Gasteiger partial charge is 0.507 e. The van der Waals surface area contributed by atoms with Crippen molar-refractivity contribution in [2.24, 2.45) is 5.92 Å². The van der Waals surface area contributed by atoms with Crippen LogP contribution in [-0.4, -0.2) is 40.4 Å². The van der Waals surface area contributed by atoms with Crippen molar-refractivity contribution in [3.63, 3.8) is 0 Å². The lowest BCUT2D eigenvalue weighted by atomic mass is 9.84. The van der Waals surface area contributed by atoms with Crippen molar-refractivity contribution in [2.75, 3.05) is 0 Å². The van der Waals surface area contributed by atoms with Crippen LogP contribution in [0.15, 0.2) is 42.5 Å².